The highest BCUT2D eigenvalue weighted by Crippen LogP contribution is 2.15. The smallest absolute Gasteiger partial charge is 0.306 e. The fraction of sp³-hybridized carbons (Fsp3) is 0.731. The van der Waals surface area contributed by atoms with E-state index in [9.17, 15) is 9.59 Å². The number of hydrogen-bond acceptors (Lipinski definition) is 5. The quantitative estimate of drug-likeness (QED) is 0.0345. The van der Waals surface area contributed by atoms with E-state index in [1.165, 1.54) is 154 Å². The summed E-state index contributed by atoms with van der Waals surface area (Å²) in [5, 5.41) is 0. The Hall–Kier alpha value is -3.18. The van der Waals surface area contributed by atoms with Crippen molar-refractivity contribution < 1.29 is 23.8 Å². The average molecular weight is 1000 g/mol. The molecule has 0 saturated heterocycles. The molecule has 414 valence electrons. The predicted molar refractivity (Wildman–Crippen MR) is 316 cm³/mol. The first-order chi connectivity index (χ1) is 35.6. The summed E-state index contributed by atoms with van der Waals surface area (Å²) in [6.45, 7) is 7.65. The van der Waals surface area contributed by atoms with Gasteiger partial charge in [0.1, 0.15) is 6.61 Å². The molecule has 0 radical (unpaired) electrons. The minimum absolute atomic E-state index is 0.0663. The highest BCUT2D eigenvalue weighted by Gasteiger charge is 2.17. The third-order valence-corrected chi connectivity index (χ3v) is 13.1. The summed E-state index contributed by atoms with van der Waals surface area (Å²) in [6.07, 6.45) is 84.3. The first kappa shape index (κ1) is 68.8. The van der Waals surface area contributed by atoms with Crippen molar-refractivity contribution in [1.29, 1.82) is 0 Å². The lowest BCUT2D eigenvalue weighted by molar-refractivity contribution is -0.163. The number of ether oxygens (including phenoxy) is 3. The lowest BCUT2D eigenvalue weighted by Gasteiger charge is -2.18. The van der Waals surface area contributed by atoms with Gasteiger partial charge in [-0.2, -0.15) is 0 Å². The second-order valence-electron chi connectivity index (χ2n) is 20.2. The molecule has 5 heteroatoms. The number of carbonyl (C=O) groups excluding carboxylic acids is 2. The van der Waals surface area contributed by atoms with Gasteiger partial charge in [-0.15, -0.1) is 0 Å². The van der Waals surface area contributed by atoms with E-state index >= 15 is 0 Å². The molecule has 1 unspecified atom stereocenters. The van der Waals surface area contributed by atoms with Crippen molar-refractivity contribution in [1.82, 2.24) is 0 Å². The molecule has 0 saturated carbocycles. The summed E-state index contributed by atoms with van der Waals surface area (Å²) < 4.78 is 17.5. The third-order valence-electron chi connectivity index (χ3n) is 13.1. The van der Waals surface area contributed by atoms with Crippen LogP contribution in [0.1, 0.15) is 290 Å². The van der Waals surface area contributed by atoms with Crippen LogP contribution in [0.3, 0.4) is 0 Å². The molecule has 0 aliphatic heterocycles. The highest BCUT2D eigenvalue weighted by molar-refractivity contribution is 5.70. The molecule has 0 aliphatic carbocycles. The second-order valence-corrected chi connectivity index (χ2v) is 20.2. The Bertz CT molecular complexity index is 1360. The number of unbranched alkanes of at least 4 members (excludes halogenated alkanes) is 29. The topological polar surface area (TPSA) is 61.8 Å². The molecular formula is C67H116O5. The van der Waals surface area contributed by atoms with Gasteiger partial charge in [0.25, 0.3) is 0 Å². The van der Waals surface area contributed by atoms with Crippen molar-refractivity contribution >= 4 is 11.9 Å². The SMILES string of the molecule is CC/C=C\C/C=C\C/C=C\C/C=C\CCCCCCCOCC(COC(=O)CCCCCCCC/C=C\C/C=C\C/C=C\CCCCC)OC(=O)CCCCCCCCCCC/C=C\CCCCCCCC. The zero-order valence-electron chi connectivity index (χ0n) is 47.7. The van der Waals surface area contributed by atoms with Crippen molar-refractivity contribution in [3.63, 3.8) is 0 Å². The fourth-order valence-electron chi connectivity index (χ4n) is 8.50. The Morgan fingerprint density at radius 2 is 0.625 bits per heavy atom. The van der Waals surface area contributed by atoms with Gasteiger partial charge < -0.3 is 14.2 Å². The Kier molecular flexibility index (Phi) is 59.4. The molecule has 0 fully saturated rings. The van der Waals surface area contributed by atoms with Crippen LogP contribution in [-0.2, 0) is 23.8 Å². The predicted octanol–water partition coefficient (Wildman–Crippen LogP) is 21.4. The standard InChI is InChI=1S/C67H116O5/c1-4-7-10-13-16-19-22-25-28-31-34-36-39-42-45-48-51-54-57-60-66(68)71-64-65(63-70-62-59-56-53-50-47-44-41-38-33-30-27-24-21-18-15-12-9-6-3)72-67(69)61-58-55-52-49-46-43-40-37-35-32-29-26-23-20-17-14-11-8-5-2/h9,12,16,18-19,21,25-30,34,36,38,41,65H,4-8,10-11,13-15,17,20,22-24,31-33,35,37,39-40,42-64H2,1-3H3/b12-9-,19-16-,21-18-,28-25-,29-26-,30-27-,36-34-,41-38-. The normalized spacial score (nSPS) is 12.9. The summed E-state index contributed by atoms with van der Waals surface area (Å²) in [5.74, 6) is -0.420. The van der Waals surface area contributed by atoms with Gasteiger partial charge in [0.05, 0.1) is 6.61 Å². The zero-order chi connectivity index (χ0) is 52.0. The molecule has 0 bridgehead atoms. The second kappa shape index (κ2) is 62.1. The van der Waals surface area contributed by atoms with Crippen molar-refractivity contribution in [2.24, 2.45) is 0 Å². The van der Waals surface area contributed by atoms with Crippen molar-refractivity contribution in [2.75, 3.05) is 19.8 Å². The first-order valence-corrected chi connectivity index (χ1v) is 30.8. The number of carbonyl (C=O) groups is 2. The lowest BCUT2D eigenvalue weighted by Crippen LogP contribution is -2.30. The van der Waals surface area contributed by atoms with E-state index in [2.05, 4.69) is 118 Å². The molecule has 0 amide bonds. The first-order valence-electron chi connectivity index (χ1n) is 30.8. The minimum Gasteiger partial charge on any atom is -0.462 e. The van der Waals surface area contributed by atoms with Gasteiger partial charge in [0, 0.05) is 19.4 Å². The Labute approximate surface area is 447 Å². The maximum atomic E-state index is 12.9. The van der Waals surface area contributed by atoms with Crippen LogP contribution in [0, 0.1) is 0 Å². The maximum absolute atomic E-state index is 12.9. The molecule has 72 heavy (non-hydrogen) atoms. The van der Waals surface area contributed by atoms with Crippen LogP contribution in [0.15, 0.2) is 97.2 Å². The van der Waals surface area contributed by atoms with Gasteiger partial charge in [0.15, 0.2) is 6.10 Å². The zero-order valence-corrected chi connectivity index (χ0v) is 47.7. The number of allylic oxidation sites excluding steroid dienone is 16. The molecule has 0 rings (SSSR count). The van der Waals surface area contributed by atoms with E-state index in [4.69, 9.17) is 14.2 Å². The van der Waals surface area contributed by atoms with Crippen LogP contribution in [0.2, 0.25) is 0 Å². The van der Waals surface area contributed by atoms with Crippen molar-refractivity contribution in [2.45, 2.75) is 297 Å². The summed E-state index contributed by atoms with van der Waals surface area (Å²) in [4.78, 5) is 25.6. The van der Waals surface area contributed by atoms with E-state index in [-0.39, 0.29) is 25.2 Å². The van der Waals surface area contributed by atoms with Crippen LogP contribution in [0.25, 0.3) is 0 Å². The summed E-state index contributed by atoms with van der Waals surface area (Å²) >= 11 is 0. The van der Waals surface area contributed by atoms with E-state index in [1.807, 2.05) is 0 Å². The van der Waals surface area contributed by atoms with Crippen LogP contribution in [0.5, 0.6) is 0 Å². The number of hydrogen-bond donors (Lipinski definition) is 0. The fourth-order valence-corrected chi connectivity index (χ4v) is 8.50. The van der Waals surface area contributed by atoms with E-state index in [0.29, 0.717) is 19.4 Å². The summed E-state index contributed by atoms with van der Waals surface area (Å²) in [7, 11) is 0. The molecule has 0 aromatic heterocycles. The van der Waals surface area contributed by atoms with Crippen LogP contribution < -0.4 is 0 Å². The monoisotopic (exact) mass is 1000 g/mol. The molecule has 0 aromatic carbocycles. The number of esters is 2. The van der Waals surface area contributed by atoms with E-state index in [0.717, 1.165) is 103 Å². The van der Waals surface area contributed by atoms with Gasteiger partial charge in [-0.3, -0.25) is 9.59 Å². The number of rotatable bonds is 56. The average Bonchev–Trinajstić information content (AvgIpc) is 3.38. The molecule has 0 heterocycles. The van der Waals surface area contributed by atoms with Gasteiger partial charge in [-0.1, -0.05) is 253 Å². The van der Waals surface area contributed by atoms with Gasteiger partial charge in [0.2, 0.25) is 0 Å². The van der Waals surface area contributed by atoms with Gasteiger partial charge >= 0.3 is 11.9 Å². The molecule has 0 spiro atoms. The Morgan fingerprint density at radius 3 is 1.04 bits per heavy atom. The van der Waals surface area contributed by atoms with Crippen molar-refractivity contribution in [3.05, 3.63) is 97.2 Å². The summed E-state index contributed by atoms with van der Waals surface area (Å²) in [5.41, 5.74) is 0. The van der Waals surface area contributed by atoms with Crippen LogP contribution in [0.4, 0.5) is 0 Å². The van der Waals surface area contributed by atoms with Gasteiger partial charge in [-0.05, 0) is 122 Å². The third kappa shape index (κ3) is 59.4. The molecule has 1 atom stereocenters. The molecule has 0 aromatic rings. The van der Waals surface area contributed by atoms with Gasteiger partial charge in [-0.25, -0.2) is 0 Å². The largest absolute Gasteiger partial charge is 0.462 e. The summed E-state index contributed by atoms with van der Waals surface area (Å²) in [6, 6.07) is 0. The van der Waals surface area contributed by atoms with Crippen molar-refractivity contribution in [3.8, 4) is 0 Å². The molecule has 5 nitrogen and oxygen atoms in total. The molecule has 0 aliphatic rings. The van der Waals surface area contributed by atoms with Crippen LogP contribution in [-0.4, -0.2) is 37.9 Å². The minimum atomic E-state index is -0.560. The maximum Gasteiger partial charge on any atom is 0.306 e. The van der Waals surface area contributed by atoms with E-state index < -0.39 is 6.10 Å². The Balaban J connectivity index is 4.35. The van der Waals surface area contributed by atoms with Crippen LogP contribution >= 0.6 is 0 Å². The Morgan fingerprint density at radius 1 is 0.319 bits per heavy atom. The highest BCUT2D eigenvalue weighted by atomic mass is 16.6. The molecule has 0 N–H and O–H groups in total. The molecular weight excluding hydrogens is 885 g/mol. The van der Waals surface area contributed by atoms with E-state index in [1.54, 1.807) is 0 Å². The lowest BCUT2D eigenvalue weighted by atomic mass is 10.1.